The van der Waals surface area contributed by atoms with Crippen LogP contribution in [0.15, 0.2) is 54.6 Å². The highest BCUT2D eigenvalue weighted by Crippen LogP contribution is 2.59. The van der Waals surface area contributed by atoms with Crippen LogP contribution in [-0.2, 0) is 19.1 Å². The van der Waals surface area contributed by atoms with Crippen molar-refractivity contribution in [1.29, 1.82) is 0 Å². The van der Waals surface area contributed by atoms with Crippen LogP contribution in [-0.4, -0.2) is 92.1 Å². The van der Waals surface area contributed by atoms with Gasteiger partial charge in [0.25, 0.3) is 0 Å². The monoisotopic (exact) mass is 848 g/mol. The van der Waals surface area contributed by atoms with Crippen LogP contribution in [0.3, 0.4) is 0 Å². The van der Waals surface area contributed by atoms with Gasteiger partial charge in [-0.15, -0.1) is 0 Å². The average molecular weight is 849 g/mol. The number of carbonyl (C=O) groups is 4. The summed E-state index contributed by atoms with van der Waals surface area (Å²) >= 11 is 6.86. The lowest BCUT2D eigenvalue weighted by Gasteiger charge is -2.32. The third-order valence-corrected chi connectivity index (χ3v) is 14.2. The Bertz CT molecular complexity index is 2570. The molecule has 4 amide bonds. The summed E-state index contributed by atoms with van der Waals surface area (Å²) in [6.45, 7) is 12.0. The van der Waals surface area contributed by atoms with E-state index in [-0.39, 0.29) is 47.8 Å². The molecule has 0 radical (unpaired) electrons. The zero-order valence-electron chi connectivity index (χ0n) is 35.7. The predicted octanol–water partition coefficient (Wildman–Crippen LogP) is 8.00. The first-order chi connectivity index (χ1) is 29.2. The Morgan fingerprint density at radius 3 is 1.69 bits per heavy atom. The van der Waals surface area contributed by atoms with E-state index in [2.05, 4.69) is 76.9 Å². The highest BCUT2D eigenvalue weighted by atomic mass is 35.5. The van der Waals surface area contributed by atoms with Crippen molar-refractivity contribution >= 4 is 57.4 Å². The van der Waals surface area contributed by atoms with Crippen LogP contribution >= 0.6 is 11.6 Å². The molecule has 5 aromatic rings. The third-order valence-electron chi connectivity index (χ3n) is 13.9. The second kappa shape index (κ2) is 15.4. The second-order valence-electron chi connectivity index (χ2n) is 18.2. The number of hydrogen-bond donors (Lipinski definition) is 4. The summed E-state index contributed by atoms with van der Waals surface area (Å²) in [4.78, 5) is 73.1. The summed E-state index contributed by atoms with van der Waals surface area (Å²) < 4.78 is 9.66. The van der Waals surface area contributed by atoms with Crippen molar-refractivity contribution in [3.8, 4) is 22.4 Å². The van der Waals surface area contributed by atoms with Gasteiger partial charge in [-0.2, -0.15) is 0 Å². The SMILES string of the molecule is COC(=O)N[C@H](C(=O)N1[C@@H]2[C@H](C)[C@@H]2C[C@H]1c1nc(-c2ccc3cc(-c4ccc5nc([C@@H]6C[C@H]7[C@@H](C)[C@H]7N6C(=O)[C@@H](NC(=O)OC)C(C)C)[nH]c5c4)ccc3c2)c(Cl)[nH]1)C(C)C. The first-order valence-corrected chi connectivity index (χ1v) is 21.7. The van der Waals surface area contributed by atoms with Gasteiger partial charge in [-0.25, -0.2) is 19.6 Å². The number of amides is 4. The highest BCUT2D eigenvalue weighted by molar-refractivity contribution is 6.32. The van der Waals surface area contributed by atoms with Crippen LogP contribution in [0.4, 0.5) is 9.59 Å². The molecule has 4 N–H and O–H groups in total. The van der Waals surface area contributed by atoms with Gasteiger partial charge in [-0.05, 0) is 94.5 Å². The number of H-pyrrole nitrogens is 2. The van der Waals surface area contributed by atoms with E-state index in [0.29, 0.717) is 40.3 Å². The lowest BCUT2D eigenvalue weighted by atomic mass is 9.99. The zero-order valence-corrected chi connectivity index (χ0v) is 36.4. The summed E-state index contributed by atoms with van der Waals surface area (Å²) in [5.74, 6) is 2.41. The Morgan fingerprint density at radius 1 is 0.689 bits per heavy atom. The number of hydrogen-bond acceptors (Lipinski definition) is 8. The lowest BCUT2D eigenvalue weighted by Crippen LogP contribution is -2.52. The van der Waals surface area contributed by atoms with Crippen LogP contribution in [0.5, 0.6) is 0 Å². The fourth-order valence-corrected chi connectivity index (χ4v) is 10.5. The Labute approximate surface area is 359 Å². The number of rotatable bonds is 10. The van der Waals surface area contributed by atoms with E-state index in [1.165, 1.54) is 14.2 Å². The van der Waals surface area contributed by atoms with Crippen molar-refractivity contribution in [2.75, 3.05) is 14.2 Å². The molecule has 3 aromatic carbocycles. The molecule has 2 aliphatic heterocycles. The number of piperidine rings is 2. The zero-order chi connectivity index (χ0) is 43.2. The topological polar surface area (TPSA) is 175 Å². The maximum absolute atomic E-state index is 14.0. The first kappa shape index (κ1) is 40.8. The number of likely N-dealkylation sites (tertiary alicyclic amines) is 2. The second-order valence-corrected chi connectivity index (χ2v) is 18.5. The third kappa shape index (κ3) is 7.06. The van der Waals surface area contributed by atoms with E-state index in [4.69, 9.17) is 31.0 Å². The molecule has 0 spiro atoms. The number of nitrogens with zero attached hydrogens (tertiary/aromatic N) is 4. The van der Waals surface area contributed by atoms with Gasteiger partial charge in [0.15, 0.2) is 0 Å². The molecule has 0 unspecified atom stereocenters. The van der Waals surface area contributed by atoms with Crippen molar-refractivity contribution < 1.29 is 28.7 Å². The predicted molar refractivity (Wildman–Crippen MR) is 231 cm³/mol. The van der Waals surface area contributed by atoms with Crippen LogP contribution in [0.2, 0.25) is 5.15 Å². The van der Waals surface area contributed by atoms with Gasteiger partial charge in [-0.1, -0.05) is 83.5 Å². The largest absolute Gasteiger partial charge is 0.453 e. The van der Waals surface area contributed by atoms with Crippen LogP contribution in [0.1, 0.15) is 78.1 Å². The summed E-state index contributed by atoms with van der Waals surface area (Å²) in [5.41, 5.74) is 5.24. The number of methoxy groups -OCH3 is 2. The number of nitrogens with one attached hydrogen (secondary N) is 4. The van der Waals surface area contributed by atoms with E-state index in [1.54, 1.807) is 0 Å². The maximum Gasteiger partial charge on any atom is 0.407 e. The standard InChI is InChI=1S/C46H53ClN8O6/c1-20(2)35(51-45(58)60-7)43(56)54-33(18-29-22(5)38(29)54)41-48-31-14-13-27(17-32(31)49-41)25-9-10-26-16-28(12-11-24(26)15-25)37-40(47)53-42(50-37)34-19-30-23(6)39(30)55(34)44(57)36(21(3)4)52-46(59)61-8/h9-17,20-23,29-30,33-36,38-39H,18-19H2,1-8H3,(H,48,49)(H,50,53)(H,51,58)(H,52,59)/t22-,23-,29+,30+,33+,34+,35+,36+,38-,39-/m1/s1. The van der Waals surface area contributed by atoms with Gasteiger partial charge in [0.2, 0.25) is 11.8 Å². The first-order valence-electron chi connectivity index (χ1n) is 21.3. The maximum atomic E-state index is 14.0. The molecule has 2 saturated heterocycles. The van der Waals surface area contributed by atoms with Crippen molar-refractivity contribution in [3.63, 3.8) is 0 Å². The van der Waals surface area contributed by atoms with E-state index < -0.39 is 24.3 Å². The lowest BCUT2D eigenvalue weighted by molar-refractivity contribution is -0.137. The van der Waals surface area contributed by atoms with Crippen LogP contribution in [0, 0.1) is 35.5 Å². The van der Waals surface area contributed by atoms with Crippen molar-refractivity contribution in [2.24, 2.45) is 35.5 Å². The van der Waals surface area contributed by atoms with Crippen molar-refractivity contribution in [3.05, 3.63) is 71.4 Å². The molecule has 2 aliphatic carbocycles. The Kier molecular flexibility index (Phi) is 10.3. The van der Waals surface area contributed by atoms with Gasteiger partial charge < -0.3 is 39.9 Å². The Morgan fingerprint density at radius 2 is 1.16 bits per heavy atom. The molecule has 4 aliphatic rings. The van der Waals surface area contributed by atoms with E-state index in [0.717, 1.165) is 57.2 Å². The molecule has 2 aromatic heterocycles. The van der Waals surface area contributed by atoms with Crippen LogP contribution < -0.4 is 10.6 Å². The number of benzene rings is 3. The van der Waals surface area contributed by atoms with E-state index in [9.17, 15) is 19.2 Å². The highest BCUT2D eigenvalue weighted by Gasteiger charge is 2.63. The normalized spacial score (nSPS) is 26.0. The molecule has 320 valence electrons. The van der Waals surface area contributed by atoms with E-state index in [1.807, 2.05) is 49.6 Å². The molecule has 10 atom stereocenters. The fraction of sp³-hybridized carbons (Fsp3) is 0.478. The fourth-order valence-electron chi connectivity index (χ4n) is 10.3. The minimum Gasteiger partial charge on any atom is -0.453 e. The summed E-state index contributed by atoms with van der Waals surface area (Å²) in [6, 6.07) is 16.9. The molecular weight excluding hydrogens is 796 g/mol. The van der Waals surface area contributed by atoms with Gasteiger partial charge >= 0.3 is 12.2 Å². The smallest absolute Gasteiger partial charge is 0.407 e. The quantitative estimate of drug-likeness (QED) is 0.109. The molecule has 61 heavy (non-hydrogen) atoms. The van der Waals surface area contributed by atoms with Crippen molar-refractivity contribution in [1.82, 2.24) is 40.4 Å². The molecule has 4 fully saturated rings. The average Bonchev–Trinajstić information content (AvgIpc) is 3.67. The number of imidazole rings is 2. The van der Waals surface area contributed by atoms with Crippen molar-refractivity contribution in [2.45, 2.75) is 90.6 Å². The molecule has 0 bridgehead atoms. The Balaban J connectivity index is 0.946. The summed E-state index contributed by atoms with van der Waals surface area (Å²) in [6.07, 6.45) is 0.331. The Hall–Kier alpha value is -5.63. The number of fused-ring (bicyclic) bond motifs is 4. The van der Waals surface area contributed by atoms with Gasteiger partial charge in [0.05, 0.1) is 37.3 Å². The number of aromatic nitrogens is 4. The molecular formula is C46H53ClN8O6. The number of carbonyl (C=O) groups excluding carboxylic acids is 4. The number of halogens is 1. The van der Waals surface area contributed by atoms with E-state index >= 15 is 0 Å². The minimum atomic E-state index is -0.730. The molecule has 14 nitrogen and oxygen atoms in total. The van der Waals surface area contributed by atoms with Gasteiger partial charge in [-0.3, -0.25) is 9.59 Å². The molecule has 9 rings (SSSR count). The number of aromatic amines is 2. The number of ether oxygens (including phenoxy) is 2. The molecule has 4 heterocycles. The number of alkyl carbamates (subject to hydrolysis) is 2. The molecule has 15 heteroatoms. The summed E-state index contributed by atoms with van der Waals surface area (Å²) in [7, 11) is 2.60. The minimum absolute atomic E-state index is 0.0833. The van der Waals surface area contributed by atoms with Crippen LogP contribution in [0.25, 0.3) is 44.2 Å². The molecule has 2 saturated carbocycles. The van der Waals surface area contributed by atoms with Gasteiger partial charge in [0, 0.05) is 17.6 Å². The summed E-state index contributed by atoms with van der Waals surface area (Å²) in [5, 5.41) is 7.98. The van der Waals surface area contributed by atoms with Gasteiger partial charge in [0.1, 0.15) is 34.6 Å².